The van der Waals surface area contributed by atoms with E-state index in [1.54, 1.807) is 30.3 Å². The summed E-state index contributed by atoms with van der Waals surface area (Å²) in [5.74, 6) is -2.91. The van der Waals surface area contributed by atoms with Crippen LogP contribution in [-0.4, -0.2) is 38.2 Å². The molecule has 1 aromatic carbocycles. The predicted molar refractivity (Wildman–Crippen MR) is 100 cm³/mol. The molecule has 1 heterocycles. The number of ketones is 1. The summed E-state index contributed by atoms with van der Waals surface area (Å²) in [6.07, 6.45) is 3.54. The number of Topliss-reactive ketones (excluding diaryl/α,β-unsaturated/α-hetero) is 1. The van der Waals surface area contributed by atoms with Crippen molar-refractivity contribution in [3.63, 3.8) is 0 Å². The molecule has 0 amide bonds. The second-order valence-corrected chi connectivity index (χ2v) is 6.39. The number of aromatic nitrogens is 2. The van der Waals surface area contributed by atoms with Crippen molar-refractivity contribution < 1.29 is 14.7 Å². The zero-order chi connectivity index (χ0) is 20.0. The smallest absolute Gasteiger partial charge is 0.331 e. The van der Waals surface area contributed by atoms with Gasteiger partial charge in [-0.25, -0.2) is 14.8 Å². The van der Waals surface area contributed by atoms with Gasteiger partial charge in [0.2, 0.25) is 0 Å². The lowest BCUT2D eigenvalue weighted by atomic mass is 9.79. The molecule has 0 aliphatic rings. The number of carboxylic acids is 1. The average Bonchev–Trinajstić information content (AvgIpc) is 2.66. The maximum absolute atomic E-state index is 13.2. The highest BCUT2D eigenvalue weighted by atomic mass is 16.4. The van der Waals surface area contributed by atoms with E-state index in [4.69, 9.17) is 16.9 Å². The summed E-state index contributed by atoms with van der Waals surface area (Å²) in [5, 5.41) is 17.1. The Bertz CT molecular complexity index is 823. The molecule has 0 saturated heterocycles. The fraction of sp³-hybridized carbons (Fsp3) is 0.316. The first-order chi connectivity index (χ1) is 12.8. The summed E-state index contributed by atoms with van der Waals surface area (Å²) in [5.41, 5.74) is 10.4. The van der Waals surface area contributed by atoms with Gasteiger partial charge in [-0.05, 0) is 12.0 Å². The molecule has 1 aromatic heterocycles. The van der Waals surface area contributed by atoms with Crippen molar-refractivity contribution in [2.45, 2.75) is 37.6 Å². The molecular formula is C19H23N5O3. The Labute approximate surface area is 157 Å². The molecule has 27 heavy (non-hydrogen) atoms. The van der Waals surface area contributed by atoms with Gasteiger partial charge in [-0.15, -0.1) is 0 Å². The average molecular weight is 369 g/mol. The van der Waals surface area contributed by atoms with E-state index in [2.05, 4.69) is 9.97 Å². The first-order valence-corrected chi connectivity index (χ1v) is 8.56. The van der Waals surface area contributed by atoms with Crippen LogP contribution in [0.5, 0.6) is 0 Å². The molecule has 0 aliphatic heterocycles. The number of benzene rings is 1. The van der Waals surface area contributed by atoms with Crippen LogP contribution in [0.15, 0.2) is 42.7 Å². The minimum Gasteiger partial charge on any atom is -0.480 e. The number of hydrogen-bond acceptors (Lipinski definition) is 6. The normalized spacial score (nSPS) is 14.1. The van der Waals surface area contributed by atoms with E-state index in [9.17, 15) is 14.7 Å². The van der Waals surface area contributed by atoms with Gasteiger partial charge in [-0.2, -0.15) is 0 Å². The van der Waals surface area contributed by atoms with E-state index in [1.807, 2.05) is 6.92 Å². The number of carbonyl (C=O) groups excluding carboxylic acids is 1. The summed E-state index contributed by atoms with van der Waals surface area (Å²) in [6.45, 7) is 1.88. The number of nitrogens with zero attached hydrogens (tertiary/aromatic N) is 2. The zero-order valence-corrected chi connectivity index (χ0v) is 15.1. The lowest BCUT2D eigenvalue weighted by molar-refractivity contribution is -0.148. The van der Waals surface area contributed by atoms with Crippen LogP contribution in [0.1, 0.15) is 42.6 Å². The molecule has 8 nitrogen and oxygen atoms in total. The number of carbonyl (C=O) groups is 2. The van der Waals surface area contributed by atoms with Crippen LogP contribution in [0.3, 0.4) is 0 Å². The molecule has 2 rings (SSSR count). The summed E-state index contributed by atoms with van der Waals surface area (Å²) < 4.78 is 0. The third-order valence-electron chi connectivity index (χ3n) is 4.34. The largest absolute Gasteiger partial charge is 0.480 e. The molecule has 2 unspecified atom stereocenters. The van der Waals surface area contributed by atoms with Crippen LogP contribution in [-0.2, 0) is 16.0 Å². The van der Waals surface area contributed by atoms with Crippen molar-refractivity contribution in [1.29, 1.82) is 5.41 Å². The van der Waals surface area contributed by atoms with Gasteiger partial charge < -0.3 is 16.6 Å². The van der Waals surface area contributed by atoms with Gasteiger partial charge in [0.05, 0.1) is 11.5 Å². The molecule has 2 aromatic rings. The van der Waals surface area contributed by atoms with Gasteiger partial charge in [0.25, 0.3) is 0 Å². The standard InChI is InChI=1S/C19H23N5O3/c1-2-6-14(17-23-10-13(11-24-17)16(20)21)15(25)19(22,18(26)27)9-12-7-4-3-5-8-12/h3-5,7-8,10-11,14H,2,6,9,22H2,1H3,(H3,20,21)(H,26,27). The van der Waals surface area contributed by atoms with Crippen molar-refractivity contribution in [2.75, 3.05) is 0 Å². The fourth-order valence-corrected chi connectivity index (χ4v) is 2.82. The molecule has 0 spiro atoms. The topological polar surface area (TPSA) is 156 Å². The highest BCUT2D eigenvalue weighted by molar-refractivity contribution is 6.10. The SMILES string of the molecule is CCCC(C(=O)C(N)(Cc1ccccc1)C(=O)O)c1ncc(C(=N)N)cn1. The van der Waals surface area contributed by atoms with Crippen LogP contribution in [0.25, 0.3) is 0 Å². The van der Waals surface area contributed by atoms with Crippen LogP contribution in [0, 0.1) is 5.41 Å². The summed E-state index contributed by atoms with van der Waals surface area (Å²) in [6, 6.07) is 8.77. The van der Waals surface area contributed by atoms with E-state index < -0.39 is 23.2 Å². The summed E-state index contributed by atoms with van der Waals surface area (Å²) in [4.78, 5) is 33.3. The van der Waals surface area contributed by atoms with Crippen molar-refractivity contribution in [3.8, 4) is 0 Å². The van der Waals surface area contributed by atoms with E-state index in [1.165, 1.54) is 12.4 Å². The maximum atomic E-state index is 13.2. The number of rotatable bonds is 9. The van der Waals surface area contributed by atoms with E-state index >= 15 is 0 Å². The molecule has 0 bridgehead atoms. The van der Waals surface area contributed by atoms with Gasteiger partial charge in [0, 0.05) is 18.8 Å². The number of nitrogens with two attached hydrogens (primary N) is 2. The number of hydrogen-bond donors (Lipinski definition) is 4. The van der Waals surface area contributed by atoms with Crippen LogP contribution in [0.4, 0.5) is 0 Å². The Morgan fingerprint density at radius 2 is 1.81 bits per heavy atom. The lowest BCUT2D eigenvalue weighted by Crippen LogP contribution is -2.58. The fourth-order valence-electron chi connectivity index (χ4n) is 2.82. The second kappa shape index (κ2) is 8.50. The Hall–Kier alpha value is -3.13. The molecule has 8 heteroatoms. The van der Waals surface area contributed by atoms with Crippen LogP contribution < -0.4 is 11.5 Å². The third-order valence-corrected chi connectivity index (χ3v) is 4.34. The summed E-state index contributed by atoms with van der Waals surface area (Å²) >= 11 is 0. The van der Waals surface area contributed by atoms with Gasteiger partial charge in [0.1, 0.15) is 11.7 Å². The Morgan fingerprint density at radius 1 is 1.22 bits per heavy atom. The van der Waals surface area contributed by atoms with E-state index in [0.717, 1.165) is 0 Å². The van der Waals surface area contributed by atoms with Gasteiger partial charge in [-0.3, -0.25) is 10.2 Å². The third kappa shape index (κ3) is 4.53. The Kier molecular flexibility index (Phi) is 6.36. The van der Waals surface area contributed by atoms with E-state index in [-0.39, 0.29) is 18.1 Å². The second-order valence-electron chi connectivity index (χ2n) is 6.39. The van der Waals surface area contributed by atoms with Gasteiger partial charge in [0.15, 0.2) is 11.3 Å². The molecule has 0 aliphatic carbocycles. The number of carboxylic acid groups (broad SMARTS) is 1. The number of amidine groups is 1. The van der Waals surface area contributed by atoms with Crippen molar-refractivity contribution in [2.24, 2.45) is 11.5 Å². The first-order valence-electron chi connectivity index (χ1n) is 8.56. The molecule has 0 radical (unpaired) electrons. The zero-order valence-electron chi connectivity index (χ0n) is 15.1. The van der Waals surface area contributed by atoms with Crippen LogP contribution >= 0.6 is 0 Å². The minimum atomic E-state index is -2.09. The number of nitrogen functional groups attached to an aromatic ring is 1. The van der Waals surface area contributed by atoms with Gasteiger partial charge in [-0.1, -0.05) is 43.7 Å². The first kappa shape index (κ1) is 20.2. The molecule has 0 saturated carbocycles. The van der Waals surface area contributed by atoms with Crippen molar-refractivity contribution in [1.82, 2.24) is 9.97 Å². The quantitative estimate of drug-likeness (QED) is 0.294. The maximum Gasteiger partial charge on any atom is 0.331 e. The molecular weight excluding hydrogens is 346 g/mol. The molecule has 0 fully saturated rings. The van der Waals surface area contributed by atoms with Crippen LogP contribution in [0.2, 0.25) is 0 Å². The highest BCUT2D eigenvalue weighted by Crippen LogP contribution is 2.26. The number of aliphatic carboxylic acids is 1. The summed E-state index contributed by atoms with van der Waals surface area (Å²) in [7, 11) is 0. The van der Waals surface area contributed by atoms with Crippen molar-refractivity contribution in [3.05, 3.63) is 59.7 Å². The number of nitrogens with one attached hydrogen (secondary N) is 1. The highest BCUT2D eigenvalue weighted by Gasteiger charge is 2.46. The molecule has 6 N–H and O–H groups in total. The lowest BCUT2D eigenvalue weighted by Gasteiger charge is -2.27. The Balaban J connectivity index is 2.39. The minimum absolute atomic E-state index is 0.131. The van der Waals surface area contributed by atoms with E-state index in [0.29, 0.717) is 24.0 Å². The predicted octanol–water partition coefficient (Wildman–Crippen LogP) is 1.24. The molecule has 142 valence electrons. The monoisotopic (exact) mass is 369 g/mol. The van der Waals surface area contributed by atoms with Gasteiger partial charge >= 0.3 is 5.97 Å². The van der Waals surface area contributed by atoms with Crippen molar-refractivity contribution >= 4 is 17.6 Å². The Morgan fingerprint density at radius 3 is 2.30 bits per heavy atom. The molecule has 2 atom stereocenters.